The summed E-state index contributed by atoms with van der Waals surface area (Å²) >= 11 is 7.35. The summed E-state index contributed by atoms with van der Waals surface area (Å²) in [6, 6.07) is 0. The zero-order valence-corrected chi connectivity index (χ0v) is 13.0. The molecule has 0 bridgehead atoms. The third-order valence-electron chi connectivity index (χ3n) is 1.74. The van der Waals surface area contributed by atoms with Gasteiger partial charge in [0.05, 0.1) is 11.8 Å². The molecule has 0 fully saturated rings. The Morgan fingerprint density at radius 2 is 1.65 bits per heavy atom. The van der Waals surface area contributed by atoms with E-state index < -0.39 is 18.3 Å². The molecule has 7 N–H and O–H groups in total. The number of aliphatic hydroxyl groups is 3. The Bertz CT molecular complexity index is 392. The molecule has 0 aromatic heterocycles. The maximum Gasteiger partial charge on any atom is 0.183 e. The third-order valence-corrected chi connectivity index (χ3v) is 1.92. The van der Waals surface area contributed by atoms with Crippen LogP contribution in [0.2, 0.25) is 0 Å². The molecular formula is C8H16CuN6O3S2. The first-order chi connectivity index (χ1) is 8.75. The molecule has 0 rings (SSSR count). The molecule has 3 unspecified atom stereocenters. The summed E-state index contributed by atoms with van der Waals surface area (Å²) in [6.45, 7) is 1.29. The van der Waals surface area contributed by atoms with Crippen molar-refractivity contribution in [2.45, 2.75) is 25.2 Å². The monoisotopic (exact) mass is 371 g/mol. The SMILES string of the molecule is CC(O)C(O)C(O)C(C=N[N-]C(N)=[SH+])=N[N-]C(N)=[SH+].[Cu]. The Balaban J connectivity index is 0. The second-order valence-electron chi connectivity index (χ2n) is 3.36. The third kappa shape index (κ3) is 9.36. The Kier molecular flexibility index (Phi) is 12.1. The van der Waals surface area contributed by atoms with Gasteiger partial charge in [0.15, 0.2) is 34.7 Å². The van der Waals surface area contributed by atoms with Crippen LogP contribution in [0.25, 0.3) is 10.9 Å². The van der Waals surface area contributed by atoms with E-state index in [4.69, 9.17) is 11.5 Å². The number of nitrogens with zero attached hydrogens (tertiary/aromatic N) is 4. The minimum Gasteiger partial charge on any atom is -0.515 e. The number of nitrogens with two attached hydrogens (primary N) is 2. The van der Waals surface area contributed by atoms with E-state index in [2.05, 4.69) is 45.5 Å². The van der Waals surface area contributed by atoms with E-state index in [1.165, 1.54) is 6.92 Å². The van der Waals surface area contributed by atoms with Gasteiger partial charge in [-0.3, -0.25) is 11.5 Å². The normalized spacial score (nSPS) is 16.0. The van der Waals surface area contributed by atoms with Gasteiger partial charge in [0.1, 0.15) is 12.2 Å². The molecule has 119 valence electrons. The Labute approximate surface area is 137 Å². The van der Waals surface area contributed by atoms with E-state index in [0.29, 0.717) is 0 Å². The largest absolute Gasteiger partial charge is 0.515 e. The Morgan fingerprint density at radius 1 is 1.15 bits per heavy atom. The molecule has 0 aliphatic rings. The fourth-order valence-electron chi connectivity index (χ4n) is 0.856. The average molecular weight is 372 g/mol. The van der Waals surface area contributed by atoms with Gasteiger partial charge in [-0.1, -0.05) is 0 Å². The minimum absolute atomic E-state index is 0. The van der Waals surface area contributed by atoms with Crippen molar-refractivity contribution in [2.75, 3.05) is 0 Å². The van der Waals surface area contributed by atoms with Crippen LogP contribution in [0.5, 0.6) is 0 Å². The van der Waals surface area contributed by atoms with Crippen molar-refractivity contribution < 1.29 is 32.4 Å². The van der Waals surface area contributed by atoms with Gasteiger partial charge in [-0.05, 0) is 6.92 Å². The maximum atomic E-state index is 9.76. The van der Waals surface area contributed by atoms with Gasteiger partial charge >= 0.3 is 0 Å². The standard InChI is InChI=1S/C8H16N6O3S2.Cu/c1-3(15)5(16)6(17)4(12-14-8(10)19)2-11-13-7(9)18;/h2-3,5-6,15-17H,1H3,(H6,9,10,11,12,13,14,18,19);. The Hall–Kier alpha value is -0.561. The van der Waals surface area contributed by atoms with Crippen LogP contribution in [0, 0.1) is 0 Å². The zero-order valence-electron chi connectivity index (χ0n) is 10.3. The summed E-state index contributed by atoms with van der Waals surface area (Å²) < 4.78 is 0. The van der Waals surface area contributed by atoms with Crippen molar-refractivity contribution in [3.63, 3.8) is 0 Å². The zero-order chi connectivity index (χ0) is 15.0. The first-order valence-electron chi connectivity index (χ1n) is 4.95. The van der Waals surface area contributed by atoms with Crippen molar-refractivity contribution in [1.82, 2.24) is 0 Å². The maximum absolute atomic E-state index is 9.76. The number of hydrogen-bond acceptors (Lipinski definition) is 5. The summed E-state index contributed by atoms with van der Waals surface area (Å²) in [4.78, 5) is 0. The number of hydrogen-bond donors (Lipinski definition) is 5. The van der Waals surface area contributed by atoms with Crippen molar-refractivity contribution in [3.05, 3.63) is 10.9 Å². The van der Waals surface area contributed by atoms with Crippen molar-refractivity contribution in [2.24, 2.45) is 21.7 Å². The van der Waals surface area contributed by atoms with Gasteiger partial charge in [0.2, 0.25) is 0 Å². The number of aliphatic hydroxyl groups excluding tert-OH is 3. The second kappa shape index (κ2) is 11.1. The van der Waals surface area contributed by atoms with Crippen LogP contribution in [0.1, 0.15) is 6.92 Å². The van der Waals surface area contributed by atoms with Gasteiger partial charge in [-0.15, -0.1) is 0 Å². The quantitative estimate of drug-likeness (QED) is 0.0827. The van der Waals surface area contributed by atoms with Crippen molar-refractivity contribution >= 4 is 46.6 Å². The van der Waals surface area contributed by atoms with E-state index in [-0.39, 0.29) is 33.0 Å². The summed E-state index contributed by atoms with van der Waals surface area (Å²) in [5.74, 6) is 0. The van der Waals surface area contributed by atoms with E-state index in [9.17, 15) is 15.3 Å². The predicted octanol–water partition coefficient (Wildman–Crippen LogP) is -3.17. The molecule has 0 spiro atoms. The van der Waals surface area contributed by atoms with Gasteiger partial charge in [-0.25, -0.2) is 0 Å². The van der Waals surface area contributed by atoms with Crippen LogP contribution < -0.4 is 11.5 Å². The first kappa shape index (κ1) is 21.7. The van der Waals surface area contributed by atoms with Crippen LogP contribution in [0.4, 0.5) is 0 Å². The second-order valence-corrected chi connectivity index (χ2v) is 4.28. The predicted molar refractivity (Wildman–Crippen MR) is 82.2 cm³/mol. The van der Waals surface area contributed by atoms with Crippen LogP contribution in [-0.2, 0) is 41.5 Å². The van der Waals surface area contributed by atoms with E-state index in [1.54, 1.807) is 0 Å². The molecule has 0 amide bonds. The van der Waals surface area contributed by atoms with Crippen molar-refractivity contribution in [1.29, 1.82) is 0 Å². The topological polar surface area (TPSA) is 166 Å². The summed E-state index contributed by atoms with van der Waals surface area (Å²) in [5.41, 5.74) is 16.9. The van der Waals surface area contributed by atoms with Gasteiger partial charge in [0, 0.05) is 23.3 Å². The summed E-state index contributed by atoms with van der Waals surface area (Å²) in [7, 11) is 0. The van der Waals surface area contributed by atoms with Gasteiger partial charge in [0.25, 0.3) is 0 Å². The van der Waals surface area contributed by atoms with Crippen LogP contribution in [0.15, 0.2) is 10.2 Å². The van der Waals surface area contributed by atoms with Crippen LogP contribution >= 0.6 is 0 Å². The van der Waals surface area contributed by atoms with Crippen LogP contribution in [-0.4, -0.2) is 55.8 Å². The molecule has 20 heavy (non-hydrogen) atoms. The summed E-state index contributed by atoms with van der Waals surface area (Å²) in [6.07, 6.45) is -3.24. The molecule has 0 saturated carbocycles. The fourth-order valence-corrected chi connectivity index (χ4v) is 0.953. The molecule has 12 heteroatoms. The van der Waals surface area contributed by atoms with Gasteiger partial charge in [-0.2, -0.15) is 0 Å². The minimum atomic E-state index is -1.54. The molecule has 0 aromatic carbocycles. The van der Waals surface area contributed by atoms with Crippen LogP contribution in [0.3, 0.4) is 0 Å². The fraction of sp³-hybridized carbons (Fsp3) is 0.500. The molecule has 0 aliphatic heterocycles. The molecular weight excluding hydrogens is 356 g/mol. The molecule has 0 heterocycles. The molecule has 0 aliphatic carbocycles. The average Bonchev–Trinajstić information content (AvgIpc) is 2.30. The molecule has 9 nitrogen and oxygen atoms in total. The number of thiol groups is 2. The van der Waals surface area contributed by atoms with Gasteiger partial charge < -0.3 is 36.4 Å². The van der Waals surface area contributed by atoms with Crippen molar-refractivity contribution in [3.8, 4) is 0 Å². The Morgan fingerprint density at radius 3 is 2.05 bits per heavy atom. The number of rotatable bonds is 6. The summed E-state index contributed by atoms with van der Waals surface area (Å²) in [5, 5.41) is 35.2. The van der Waals surface area contributed by atoms with E-state index in [1.807, 2.05) is 0 Å². The smallest absolute Gasteiger partial charge is 0.183 e. The molecule has 1 radical (unpaired) electrons. The van der Waals surface area contributed by atoms with E-state index in [0.717, 1.165) is 6.21 Å². The molecule has 0 aromatic rings. The molecule has 3 atom stereocenters. The first-order valence-corrected chi connectivity index (χ1v) is 5.84. The molecule has 0 saturated heterocycles. The van der Waals surface area contributed by atoms with E-state index >= 15 is 0 Å².